The Morgan fingerprint density at radius 2 is 2.08 bits per heavy atom. The van der Waals surface area contributed by atoms with Gasteiger partial charge in [-0.3, -0.25) is 14.2 Å². The zero-order valence-corrected chi connectivity index (χ0v) is 22.0. The Morgan fingerprint density at radius 3 is 2.81 bits per heavy atom. The van der Waals surface area contributed by atoms with E-state index in [0.717, 1.165) is 18.4 Å². The fourth-order valence-electron chi connectivity index (χ4n) is 4.76. The Kier molecular flexibility index (Phi) is 6.46. The van der Waals surface area contributed by atoms with Gasteiger partial charge < -0.3 is 9.64 Å². The molecule has 37 heavy (non-hydrogen) atoms. The first kappa shape index (κ1) is 24.4. The van der Waals surface area contributed by atoms with Crippen molar-refractivity contribution < 1.29 is 13.5 Å². The lowest BCUT2D eigenvalue weighted by Crippen LogP contribution is -2.43. The lowest BCUT2D eigenvalue weighted by molar-refractivity contribution is -0.0178. The number of thiazole rings is 1. The molecule has 1 aliphatic carbocycles. The minimum absolute atomic E-state index is 0.0914. The summed E-state index contributed by atoms with van der Waals surface area (Å²) in [5, 5.41) is 4.82. The number of halogens is 3. The Morgan fingerprint density at radius 1 is 1.24 bits per heavy atom. The highest BCUT2D eigenvalue weighted by Gasteiger charge is 2.32. The zero-order valence-electron chi connectivity index (χ0n) is 20.4. The summed E-state index contributed by atoms with van der Waals surface area (Å²) in [4.78, 5) is 16.7. The molecule has 0 bridgehead atoms. The van der Waals surface area contributed by atoms with Gasteiger partial charge in [-0.15, -0.1) is 0 Å². The molecule has 2 fully saturated rings. The summed E-state index contributed by atoms with van der Waals surface area (Å²) >= 11 is 7.34. The second-order valence-electron chi connectivity index (χ2n) is 9.42. The van der Waals surface area contributed by atoms with Gasteiger partial charge in [0.05, 0.1) is 37.1 Å². The predicted octanol–water partition coefficient (Wildman–Crippen LogP) is 4.95. The highest BCUT2D eigenvalue weighted by Crippen LogP contribution is 2.37. The van der Waals surface area contributed by atoms with Crippen molar-refractivity contribution in [3.8, 4) is 11.3 Å². The van der Waals surface area contributed by atoms with Crippen molar-refractivity contribution in [2.45, 2.75) is 44.6 Å². The SMILES string of the molecule is C/N=c1\sc2c(-c3ccc(Cl)cc3F)nc(N3C[C@@H](C)O[C@@H](c4cnn(C5CC5)c4)C3)nc2n1CCF. The molecule has 194 valence electrons. The average Bonchev–Trinajstić information content (AvgIpc) is 3.50. The Balaban J connectivity index is 1.47. The van der Waals surface area contributed by atoms with Gasteiger partial charge in [-0.2, -0.15) is 10.1 Å². The molecule has 0 N–H and O–H groups in total. The normalized spacial score (nSPS) is 20.8. The predicted molar refractivity (Wildman–Crippen MR) is 139 cm³/mol. The highest BCUT2D eigenvalue weighted by molar-refractivity contribution is 7.16. The van der Waals surface area contributed by atoms with E-state index in [9.17, 15) is 4.39 Å². The molecule has 4 aromatic rings. The minimum atomic E-state index is -0.579. The smallest absolute Gasteiger partial charge is 0.228 e. The molecule has 1 aromatic carbocycles. The molecule has 12 heteroatoms. The summed E-state index contributed by atoms with van der Waals surface area (Å²) in [5.41, 5.74) is 2.26. The van der Waals surface area contributed by atoms with Crippen molar-refractivity contribution in [1.29, 1.82) is 0 Å². The third-order valence-electron chi connectivity index (χ3n) is 6.66. The second kappa shape index (κ2) is 9.77. The van der Waals surface area contributed by atoms with Crippen molar-refractivity contribution in [1.82, 2.24) is 24.3 Å². The van der Waals surface area contributed by atoms with E-state index in [-0.39, 0.29) is 18.8 Å². The maximum Gasteiger partial charge on any atom is 0.228 e. The van der Waals surface area contributed by atoms with Gasteiger partial charge in [-0.1, -0.05) is 22.9 Å². The van der Waals surface area contributed by atoms with Gasteiger partial charge in [0.15, 0.2) is 10.4 Å². The molecule has 0 spiro atoms. The Hall–Kier alpha value is -2.89. The van der Waals surface area contributed by atoms with Gasteiger partial charge in [0.2, 0.25) is 5.95 Å². The summed E-state index contributed by atoms with van der Waals surface area (Å²) < 4.78 is 39.3. The molecule has 4 heterocycles. The van der Waals surface area contributed by atoms with E-state index in [1.165, 1.54) is 17.4 Å². The molecule has 2 atom stereocenters. The second-order valence-corrected chi connectivity index (χ2v) is 10.8. The van der Waals surface area contributed by atoms with Gasteiger partial charge in [-0.25, -0.2) is 13.8 Å². The molecule has 2 aliphatic rings. The van der Waals surface area contributed by atoms with Crippen LogP contribution in [0.1, 0.15) is 37.5 Å². The van der Waals surface area contributed by atoms with Crippen molar-refractivity contribution in [2.75, 3.05) is 31.7 Å². The molecule has 1 saturated carbocycles. The lowest BCUT2D eigenvalue weighted by atomic mass is 10.1. The minimum Gasteiger partial charge on any atom is -0.367 e. The number of anilines is 1. The number of alkyl halides is 1. The number of benzene rings is 1. The van der Waals surface area contributed by atoms with E-state index in [4.69, 9.17) is 26.3 Å². The largest absolute Gasteiger partial charge is 0.367 e. The first-order valence-electron chi connectivity index (χ1n) is 12.2. The number of morpholine rings is 1. The van der Waals surface area contributed by atoms with Crippen LogP contribution in [0.4, 0.5) is 14.7 Å². The van der Waals surface area contributed by atoms with Crippen LogP contribution in [0.25, 0.3) is 21.6 Å². The number of nitrogens with zero attached hydrogens (tertiary/aromatic N) is 7. The van der Waals surface area contributed by atoms with Crippen LogP contribution >= 0.6 is 22.9 Å². The molecular formula is C25H26ClF2N7OS. The van der Waals surface area contributed by atoms with Crippen LogP contribution in [-0.2, 0) is 11.3 Å². The van der Waals surface area contributed by atoms with E-state index in [1.807, 2.05) is 22.7 Å². The van der Waals surface area contributed by atoms with Crippen LogP contribution in [-0.4, -0.2) is 57.2 Å². The van der Waals surface area contributed by atoms with Crippen molar-refractivity contribution in [3.63, 3.8) is 0 Å². The maximum absolute atomic E-state index is 15.1. The Bertz CT molecular complexity index is 1530. The summed E-state index contributed by atoms with van der Waals surface area (Å²) in [6, 6.07) is 4.99. The van der Waals surface area contributed by atoms with Crippen molar-refractivity contribution >= 4 is 39.2 Å². The topological polar surface area (TPSA) is 73.4 Å². The highest BCUT2D eigenvalue weighted by atomic mass is 35.5. The van der Waals surface area contributed by atoms with Gasteiger partial charge in [0, 0.05) is 35.9 Å². The fourth-order valence-corrected chi connectivity index (χ4v) is 5.98. The fraction of sp³-hybridized carbons (Fsp3) is 0.440. The van der Waals surface area contributed by atoms with E-state index in [1.54, 1.807) is 23.7 Å². The number of rotatable bonds is 6. The third-order valence-corrected chi connectivity index (χ3v) is 8.06. The molecule has 0 unspecified atom stereocenters. The number of fused-ring (bicyclic) bond motifs is 1. The van der Waals surface area contributed by atoms with Gasteiger partial charge in [0.25, 0.3) is 0 Å². The molecular weight excluding hydrogens is 520 g/mol. The van der Waals surface area contributed by atoms with Gasteiger partial charge in [-0.05, 0) is 38.0 Å². The Labute approximate surface area is 221 Å². The summed E-state index contributed by atoms with van der Waals surface area (Å²) in [7, 11) is 1.65. The van der Waals surface area contributed by atoms with Crippen molar-refractivity contribution in [3.05, 3.63) is 51.8 Å². The first-order valence-corrected chi connectivity index (χ1v) is 13.4. The monoisotopic (exact) mass is 545 g/mol. The average molecular weight is 546 g/mol. The third kappa shape index (κ3) is 4.64. The molecule has 1 aliphatic heterocycles. The number of aromatic nitrogens is 5. The van der Waals surface area contributed by atoms with E-state index in [0.29, 0.717) is 56.5 Å². The van der Waals surface area contributed by atoms with Crippen LogP contribution in [0.3, 0.4) is 0 Å². The summed E-state index contributed by atoms with van der Waals surface area (Å²) in [6.07, 6.45) is 5.91. The maximum atomic E-state index is 15.1. The molecule has 0 radical (unpaired) electrons. The first-order chi connectivity index (χ1) is 17.9. The lowest BCUT2D eigenvalue weighted by Gasteiger charge is -2.36. The summed E-state index contributed by atoms with van der Waals surface area (Å²) in [5.74, 6) is -0.0563. The molecule has 0 amide bonds. The molecule has 8 nitrogen and oxygen atoms in total. The molecule has 1 saturated heterocycles. The van der Waals surface area contributed by atoms with E-state index < -0.39 is 12.5 Å². The van der Waals surface area contributed by atoms with Crippen LogP contribution in [0, 0.1) is 5.82 Å². The van der Waals surface area contributed by atoms with E-state index in [2.05, 4.69) is 16.3 Å². The number of hydrogen-bond donors (Lipinski definition) is 0. The number of aryl methyl sites for hydroxylation is 1. The summed E-state index contributed by atoms with van der Waals surface area (Å²) in [6.45, 7) is 2.58. The van der Waals surface area contributed by atoms with Gasteiger partial charge >= 0.3 is 0 Å². The van der Waals surface area contributed by atoms with Crippen LogP contribution in [0.2, 0.25) is 5.02 Å². The number of hydrogen-bond acceptors (Lipinski definition) is 7. The van der Waals surface area contributed by atoms with Crippen LogP contribution in [0.5, 0.6) is 0 Å². The molecule has 6 rings (SSSR count). The van der Waals surface area contributed by atoms with Crippen LogP contribution in [0.15, 0.2) is 35.6 Å². The standard InChI is InChI=1S/C25H26ClF2N7OS/c1-14-11-33(13-20(36-14)15-10-30-35(12-15)17-4-5-17)24-31-21(18-6-3-16(26)9-19(18)28)22-23(32-24)34(8-7-27)25(29-2)37-22/h3,6,9-10,12,14,17,20H,4-5,7-8,11,13H2,1-2H3/b29-25-/t14-,20-/m1/s1. The van der Waals surface area contributed by atoms with E-state index >= 15 is 4.39 Å². The molecule has 3 aromatic heterocycles. The van der Waals surface area contributed by atoms with Crippen molar-refractivity contribution in [2.24, 2.45) is 4.99 Å². The zero-order chi connectivity index (χ0) is 25.7. The van der Waals surface area contributed by atoms with Gasteiger partial charge in [0.1, 0.15) is 23.3 Å². The van der Waals surface area contributed by atoms with Crippen LogP contribution < -0.4 is 9.70 Å². The quantitative estimate of drug-likeness (QED) is 0.343. The number of ether oxygens (including phenoxy) is 1.